The first-order chi connectivity index (χ1) is 7.83. The van der Waals surface area contributed by atoms with Gasteiger partial charge in [-0.05, 0) is 46.4 Å². The quantitative estimate of drug-likeness (QED) is 0.876. The molecule has 16 heavy (non-hydrogen) atoms. The first kappa shape index (κ1) is 11.4. The summed E-state index contributed by atoms with van der Waals surface area (Å²) in [6.45, 7) is 1.29. The molecule has 0 spiro atoms. The van der Waals surface area contributed by atoms with Crippen LogP contribution >= 0.6 is 15.9 Å². The van der Waals surface area contributed by atoms with Crippen molar-refractivity contribution >= 4 is 26.7 Å². The lowest BCUT2D eigenvalue weighted by Crippen LogP contribution is -2.06. The molecule has 4 heteroatoms. The van der Waals surface area contributed by atoms with Crippen molar-refractivity contribution in [3.8, 4) is 5.75 Å². The highest BCUT2D eigenvalue weighted by atomic mass is 79.9. The number of halogens is 1. The molecule has 0 bridgehead atoms. The number of aromatic nitrogens is 1. The maximum absolute atomic E-state index is 5.63. The summed E-state index contributed by atoms with van der Waals surface area (Å²) in [4.78, 5) is 4.11. The molecule has 0 atom stereocenters. The molecule has 0 unspecified atom stereocenters. The standard InChI is InChI=1S/C12H13BrN2O/c13-12-10-8-15-6-4-9(10)2-3-11(12)16-7-1-5-14/h2-4,6,8H,1,5,7,14H2. The highest BCUT2D eigenvalue weighted by Crippen LogP contribution is 2.32. The van der Waals surface area contributed by atoms with Crippen LogP contribution in [0.2, 0.25) is 0 Å². The topological polar surface area (TPSA) is 48.1 Å². The third-order valence-electron chi connectivity index (χ3n) is 2.33. The summed E-state index contributed by atoms with van der Waals surface area (Å²) < 4.78 is 6.58. The maximum atomic E-state index is 5.63. The van der Waals surface area contributed by atoms with Crippen LogP contribution in [-0.4, -0.2) is 18.1 Å². The molecule has 84 valence electrons. The lowest BCUT2D eigenvalue weighted by molar-refractivity contribution is 0.312. The van der Waals surface area contributed by atoms with Gasteiger partial charge in [-0.1, -0.05) is 6.07 Å². The molecule has 0 aliphatic carbocycles. The molecule has 0 fully saturated rings. The van der Waals surface area contributed by atoms with E-state index in [-0.39, 0.29) is 0 Å². The molecule has 0 radical (unpaired) electrons. The molecular formula is C12H13BrN2O. The maximum Gasteiger partial charge on any atom is 0.134 e. The van der Waals surface area contributed by atoms with Gasteiger partial charge in [0, 0.05) is 17.8 Å². The Morgan fingerprint density at radius 1 is 1.31 bits per heavy atom. The number of nitrogens with two attached hydrogens (primary N) is 1. The minimum absolute atomic E-state index is 0.640. The summed E-state index contributed by atoms with van der Waals surface area (Å²) in [5.41, 5.74) is 5.42. The van der Waals surface area contributed by atoms with Gasteiger partial charge >= 0.3 is 0 Å². The summed E-state index contributed by atoms with van der Waals surface area (Å²) in [7, 11) is 0. The molecule has 0 saturated carbocycles. The highest BCUT2D eigenvalue weighted by Gasteiger charge is 2.05. The number of pyridine rings is 1. The van der Waals surface area contributed by atoms with E-state index in [0.29, 0.717) is 13.2 Å². The Hall–Kier alpha value is -1.13. The minimum Gasteiger partial charge on any atom is -0.492 e. The van der Waals surface area contributed by atoms with Crippen LogP contribution in [-0.2, 0) is 0 Å². The second-order valence-electron chi connectivity index (χ2n) is 3.47. The van der Waals surface area contributed by atoms with Crippen LogP contribution in [0.4, 0.5) is 0 Å². The number of benzene rings is 1. The fraction of sp³-hybridized carbons (Fsp3) is 0.250. The van der Waals surface area contributed by atoms with Crippen LogP contribution in [0.1, 0.15) is 6.42 Å². The van der Waals surface area contributed by atoms with Crippen molar-refractivity contribution in [1.82, 2.24) is 4.98 Å². The van der Waals surface area contributed by atoms with E-state index in [4.69, 9.17) is 10.5 Å². The van der Waals surface area contributed by atoms with Gasteiger partial charge in [-0.2, -0.15) is 0 Å². The normalized spacial score (nSPS) is 10.6. The largest absolute Gasteiger partial charge is 0.492 e. The Bertz CT molecular complexity index is 487. The summed E-state index contributed by atoms with van der Waals surface area (Å²) in [5, 5.41) is 2.21. The zero-order valence-electron chi connectivity index (χ0n) is 8.82. The summed E-state index contributed by atoms with van der Waals surface area (Å²) >= 11 is 3.54. The number of hydrogen-bond donors (Lipinski definition) is 1. The van der Waals surface area contributed by atoms with Gasteiger partial charge in [-0.15, -0.1) is 0 Å². The SMILES string of the molecule is NCCCOc1ccc2ccncc2c1Br. The summed E-state index contributed by atoms with van der Waals surface area (Å²) in [6, 6.07) is 5.96. The Kier molecular flexibility index (Phi) is 3.74. The third kappa shape index (κ3) is 2.33. The highest BCUT2D eigenvalue weighted by molar-refractivity contribution is 9.10. The van der Waals surface area contributed by atoms with E-state index in [2.05, 4.69) is 20.9 Å². The Balaban J connectivity index is 2.29. The Labute approximate surface area is 103 Å². The second-order valence-corrected chi connectivity index (χ2v) is 4.26. The molecule has 0 amide bonds. The molecule has 2 aromatic rings. The molecule has 0 aliphatic heterocycles. The van der Waals surface area contributed by atoms with Gasteiger partial charge in [0.05, 0.1) is 11.1 Å². The van der Waals surface area contributed by atoms with Gasteiger partial charge in [-0.3, -0.25) is 4.98 Å². The van der Waals surface area contributed by atoms with Crippen molar-refractivity contribution in [2.45, 2.75) is 6.42 Å². The first-order valence-corrected chi connectivity index (χ1v) is 5.97. The van der Waals surface area contributed by atoms with Crippen molar-refractivity contribution in [3.63, 3.8) is 0 Å². The van der Waals surface area contributed by atoms with E-state index in [1.807, 2.05) is 24.4 Å². The zero-order chi connectivity index (χ0) is 11.4. The van der Waals surface area contributed by atoms with Crippen molar-refractivity contribution in [2.24, 2.45) is 5.73 Å². The van der Waals surface area contributed by atoms with E-state index in [1.54, 1.807) is 6.20 Å². The van der Waals surface area contributed by atoms with Crippen molar-refractivity contribution < 1.29 is 4.74 Å². The predicted octanol–water partition coefficient (Wildman–Crippen LogP) is 2.72. The van der Waals surface area contributed by atoms with E-state index in [0.717, 1.165) is 27.4 Å². The van der Waals surface area contributed by atoms with Crippen molar-refractivity contribution in [1.29, 1.82) is 0 Å². The molecule has 2 rings (SSSR count). The predicted molar refractivity (Wildman–Crippen MR) is 68.6 cm³/mol. The second kappa shape index (κ2) is 5.27. The smallest absolute Gasteiger partial charge is 0.134 e. The monoisotopic (exact) mass is 280 g/mol. The molecular weight excluding hydrogens is 268 g/mol. The number of nitrogens with zero attached hydrogens (tertiary/aromatic N) is 1. The third-order valence-corrected chi connectivity index (χ3v) is 3.15. The van der Waals surface area contributed by atoms with Gasteiger partial charge in [0.15, 0.2) is 0 Å². The van der Waals surface area contributed by atoms with Crippen molar-refractivity contribution in [2.75, 3.05) is 13.2 Å². The lowest BCUT2D eigenvalue weighted by atomic mass is 10.2. The Morgan fingerprint density at radius 2 is 2.19 bits per heavy atom. The van der Waals surface area contributed by atoms with E-state index >= 15 is 0 Å². The summed E-state index contributed by atoms with van der Waals surface area (Å²) in [5.74, 6) is 0.842. The number of hydrogen-bond acceptors (Lipinski definition) is 3. The molecule has 3 nitrogen and oxygen atoms in total. The van der Waals surface area contributed by atoms with Crippen LogP contribution in [0.5, 0.6) is 5.75 Å². The first-order valence-electron chi connectivity index (χ1n) is 5.18. The van der Waals surface area contributed by atoms with Gasteiger partial charge in [0.2, 0.25) is 0 Å². The van der Waals surface area contributed by atoms with Crippen LogP contribution in [0, 0.1) is 0 Å². The average molecular weight is 281 g/mol. The van der Waals surface area contributed by atoms with Gasteiger partial charge in [0.1, 0.15) is 5.75 Å². The number of fused-ring (bicyclic) bond motifs is 1. The lowest BCUT2D eigenvalue weighted by Gasteiger charge is -2.09. The fourth-order valence-corrected chi connectivity index (χ4v) is 2.06. The van der Waals surface area contributed by atoms with E-state index in [1.165, 1.54) is 0 Å². The van der Waals surface area contributed by atoms with E-state index < -0.39 is 0 Å². The van der Waals surface area contributed by atoms with E-state index in [9.17, 15) is 0 Å². The van der Waals surface area contributed by atoms with Crippen LogP contribution in [0.3, 0.4) is 0 Å². The van der Waals surface area contributed by atoms with Gasteiger partial charge in [0.25, 0.3) is 0 Å². The number of rotatable bonds is 4. The van der Waals surface area contributed by atoms with Gasteiger partial charge < -0.3 is 10.5 Å². The molecule has 1 heterocycles. The fourth-order valence-electron chi connectivity index (χ4n) is 1.48. The zero-order valence-corrected chi connectivity index (χ0v) is 10.4. The minimum atomic E-state index is 0.640. The Morgan fingerprint density at radius 3 is 3.00 bits per heavy atom. The van der Waals surface area contributed by atoms with Crippen LogP contribution in [0.15, 0.2) is 35.1 Å². The van der Waals surface area contributed by atoms with Crippen molar-refractivity contribution in [3.05, 3.63) is 35.1 Å². The molecule has 0 saturated heterocycles. The molecule has 0 aliphatic rings. The summed E-state index contributed by atoms with van der Waals surface area (Å²) in [6.07, 6.45) is 4.47. The van der Waals surface area contributed by atoms with Crippen LogP contribution < -0.4 is 10.5 Å². The molecule has 2 N–H and O–H groups in total. The molecule has 1 aromatic carbocycles. The van der Waals surface area contributed by atoms with Gasteiger partial charge in [-0.25, -0.2) is 0 Å². The number of ether oxygens (including phenoxy) is 1. The van der Waals surface area contributed by atoms with Crippen LogP contribution in [0.25, 0.3) is 10.8 Å². The molecule has 1 aromatic heterocycles. The average Bonchev–Trinajstić information content (AvgIpc) is 2.33.